The summed E-state index contributed by atoms with van der Waals surface area (Å²) in [5, 5.41) is 22.9. The van der Waals surface area contributed by atoms with Crippen LogP contribution in [0, 0.1) is 15.5 Å². The fourth-order valence-electron chi connectivity index (χ4n) is 2.14. The molecule has 2 rings (SSSR count). The molecule has 0 aliphatic heterocycles. The number of nitro benzene ring substituents is 1. The van der Waals surface area contributed by atoms with Crippen molar-refractivity contribution in [3.8, 4) is 0 Å². The molecule has 1 aromatic rings. The second kappa shape index (κ2) is 5.69. The zero-order chi connectivity index (χ0) is 15.6. The Bertz CT molecular complexity index is 567. The van der Waals surface area contributed by atoms with Gasteiger partial charge in [-0.3, -0.25) is 14.9 Å². The molecular formula is C14H19N3O4. The van der Waals surface area contributed by atoms with Gasteiger partial charge in [0.1, 0.15) is 0 Å². The van der Waals surface area contributed by atoms with Crippen LogP contribution in [0.25, 0.3) is 0 Å². The minimum Gasteiger partial charge on any atom is -0.396 e. The Balaban J connectivity index is 2.21. The minimum atomic E-state index is -0.522. The SMILES string of the molecule is CN(C)c1ccc([N+](=O)[O-])cc1C(=O)NCC1(CO)CC1. The Kier molecular flexibility index (Phi) is 4.13. The van der Waals surface area contributed by atoms with Gasteiger partial charge in [-0.05, 0) is 18.9 Å². The Hall–Kier alpha value is -2.15. The van der Waals surface area contributed by atoms with Gasteiger partial charge in [0.2, 0.25) is 0 Å². The third kappa shape index (κ3) is 3.30. The first-order valence-corrected chi connectivity index (χ1v) is 6.73. The van der Waals surface area contributed by atoms with Crippen molar-refractivity contribution in [3.63, 3.8) is 0 Å². The van der Waals surface area contributed by atoms with Crippen molar-refractivity contribution in [3.05, 3.63) is 33.9 Å². The fourth-order valence-corrected chi connectivity index (χ4v) is 2.14. The van der Waals surface area contributed by atoms with E-state index >= 15 is 0 Å². The maximum absolute atomic E-state index is 12.3. The molecule has 21 heavy (non-hydrogen) atoms. The van der Waals surface area contributed by atoms with E-state index in [1.165, 1.54) is 12.1 Å². The highest BCUT2D eigenvalue weighted by Gasteiger charge is 2.42. The van der Waals surface area contributed by atoms with E-state index in [1.54, 1.807) is 25.1 Å². The van der Waals surface area contributed by atoms with Crippen molar-refractivity contribution in [1.82, 2.24) is 5.32 Å². The molecule has 7 nitrogen and oxygen atoms in total. The molecule has 1 fully saturated rings. The predicted octanol–water partition coefficient (Wildman–Crippen LogP) is 1.16. The van der Waals surface area contributed by atoms with Crippen LogP contribution in [-0.4, -0.2) is 43.2 Å². The van der Waals surface area contributed by atoms with Crippen molar-refractivity contribution in [2.45, 2.75) is 12.8 Å². The second-order valence-electron chi connectivity index (χ2n) is 5.69. The van der Waals surface area contributed by atoms with Gasteiger partial charge in [0.25, 0.3) is 11.6 Å². The standard InChI is InChI=1S/C14H19N3O4/c1-16(2)12-4-3-10(17(20)21)7-11(12)13(19)15-8-14(9-18)5-6-14/h3-4,7,18H,5-6,8-9H2,1-2H3,(H,15,19). The van der Waals surface area contributed by atoms with Gasteiger partial charge in [-0.2, -0.15) is 0 Å². The molecule has 7 heteroatoms. The summed E-state index contributed by atoms with van der Waals surface area (Å²) in [6.45, 7) is 0.431. The average Bonchev–Trinajstić information content (AvgIpc) is 3.24. The average molecular weight is 293 g/mol. The molecule has 0 unspecified atom stereocenters. The van der Waals surface area contributed by atoms with Gasteiger partial charge in [-0.15, -0.1) is 0 Å². The zero-order valence-corrected chi connectivity index (χ0v) is 12.1. The van der Waals surface area contributed by atoms with Gasteiger partial charge in [0, 0.05) is 43.9 Å². The molecule has 1 saturated carbocycles. The zero-order valence-electron chi connectivity index (χ0n) is 12.1. The van der Waals surface area contributed by atoms with Gasteiger partial charge >= 0.3 is 0 Å². The van der Waals surface area contributed by atoms with Gasteiger partial charge < -0.3 is 15.3 Å². The van der Waals surface area contributed by atoms with Gasteiger partial charge in [-0.1, -0.05) is 0 Å². The van der Waals surface area contributed by atoms with E-state index in [1.807, 2.05) is 0 Å². The van der Waals surface area contributed by atoms with Crippen molar-refractivity contribution >= 4 is 17.3 Å². The molecule has 0 heterocycles. The third-order valence-corrected chi connectivity index (χ3v) is 3.83. The number of nitrogens with zero attached hydrogens (tertiary/aromatic N) is 2. The summed E-state index contributed by atoms with van der Waals surface area (Å²) < 4.78 is 0. The number of hydrogen-bond acceptors (Lipinski definition) is 5. The number of rotatable bonds is 6. The number of amides is 1. The molecule has 2 N–H and O–H groups in total. The maximum Gasteiger partial charge on any atom is 0.270 e. The van der Waals surface area contributed by atoms with Crippen molar-refractivity contribution in [1.29, 1.82) is 0 Å². The van der Waals surface area contributed by atoms with Crippen LogP contribution in [0.2, 0.25) is 0 Å². The molecule has 0 radical (unpaired) electrons. The number of hydrogen-bond donors (Lipinski definition) is 2. The minimum absolute atomic E-state index is 0.0444. The molecule has 0 bridgehead atoms. The Morgan fingerprint density at radius 2 is 2.14 bits per heavy atom. The fraction of sp³-hybridized carbons (Fsp3) is 0.500. The van der Waals surface area contributed by atoms with Crippen molar-refractivity contribution in [2.24, 2.45) is 5.41 Å². The van der Waals surface area contributed by atoms with E-state index < -0.39 is 4.92 Å². The Morgan fingerprint density at radius 3 is 2.62 bits per heavy atom. The molecule has 1 aliphatic carbocycles. The first kappa shape index (κ1) is 15.2. The highest BCUT2D eigenvalue weighted by molar-refractivity contribution is 6.00. The van der Waals surface area contributed by atoms with Crippen LogP contribution in [0.1, 0.15) is 23.2 Å². The van der Waals surface area contributed by atoms with Crippen LogP contribution in [0.3, 0.4) is 0 Å². The number of anilines is 1. The van der Waals surface area contributed by atoms with Crippen LogP contribution in [-0.2, 0) is 0 Å². The largest absolute Gasteiger partial charge is 0.396 e. The molecule has 1 aromatic carbocycles. The first-order valence-electron chi connectivity index (χ1n) is 6.73. The summed E-state index contributed by atoms with van der Waals surface area (Å²) in [6, 6.07) is 4.22. The number of aliphatic hydroxyl groups is 1. The number of benzene rings is 1. The van der Waals surface area contributed by atoms with E-state index in [0.29, 0.717) is 12.2 Å². The number of carbonyl (C=O) groups is 1. The normalized spacial score (nSPS) is 15.4. The van der Waals surface area contributed by atoms with Crippen LogP contribution in [0.15, 0.2) is 18.2 Å². The number of aliphatic hydroxyl groups excluding tert-OH is 1. The smallest absolute Gasteiger partial charge is 0.270 e. The summed E-state index contributed by atoms with van der Waals surface area (Å²) in [5.74, 6) is -0.359. The van der Waals surface area contributed by atoms with Crippen LogP contribution < -0.4 is 10.2 Å². The topological polar surface area (TPSA) is 95.7 Å². The van der Waals surface area contributed by atoms with E-state index in [2.05, 4.69) is 5.32 Å². The molecular weight excluding hydrogens is 274 g/mol. The van der Waals surface area contributed by atoms with Crippen LogP contribution >= 0.6 is 0 Å². The Morgan fingerprint density at radius 1 is 1.48 bits per heavy atom. The van der Waals surface area contributed by atoms with Crippen molar-refractivity contribution in [2.75, 3.05) is 32.1 Å². The highest BCUT2D eigenvalue weighted by atomic mass is 16.6. The van der Waals surface area contributed by atoms with Gasteiger partial charge in [0.15, 0.2) is 0 Å². The number of nitrogens with one attached hydrogen (secondary N) is 1. The summed E-state index contributed by atoms with van der Waals surface area (Å²) in [6.07, 6.45) is 1.78. The predicted molar refractivity (Wildman–Crippen MR) is 78.5 cm³/mol. The number of carbonyl (C=O) groups excluding carboxylic acids is 1. The van der Waals surface area contributed by atoms with E-state index in [0.717, 1.165) is 12.8 Å². The van der Waals surface area contributed by atoms with Crippen LogP contribution in [0.5, 0.6) is 0 Å². The summed E-state index contributed by atoms with van der Waals surface area (Å²) in [4.78, 5) is 24.4. The summed E-state index contributed by atoms with van der Waals surface area (Å²) in [5.41, 5.74) is 0.568. The van der Waals surface area contributed by atoms with Gasteiger partial charge in [-0.25, -0.2) is 0 Å². The highest BCUT2D eigenvalue weighted by Crippen LogP contribution is 2.44. The third-order valence-electron chi connectivity index (χ3n) is 3.83. The lowest BCUT2D eigenvalue weighted by Gasteiger charge is -2.18. The molecule has 0 saturated heterocycles. The monoisotopic (exact) mass is 293 g/mol. The lowest BCUT2D eigenvalue weighted by Crippen LogP contribution is -2.32. The quantitative estimate of drug-likeness (QED) is 0.606. The molecule has 1 amide bonds. The molecule has 1 aliphatic rings. The Labute approximate surface area is 122 Å². The lowest BCUT2D eigenvalue weighted by molar-refractivity contribution is -0.384. The number of nitro groups is 1. The maximum atomic E-state index is 12.3. The summed E-state index contributed by atoms with van der Waals surface area (Å²) in [7, 11) is 3.54. The molecule has 0 aromatic heterocycles. The number of non-ortho nitro benzene ring substituents is 1. The molecule has 114 valence electrons. The van der Waals surface area contributed by atoms with Crippen molar-refractivity contribution < 1.29 is 14.8 Å². The van der Waals surface area contributed by atoms with E-state index in [4.69, 9.17) is 0 Å². The van der Waals surface area contributed by atoms with Gasteiger partial charge in [0.05, 0.1) is 17.1 Å². The van der Waals surface area contributed by atoms with E-state index in [-0.39, 0.29) is 29.2 Å². The summed E-state index contributed by atoms with van der Waals surface area (Å²) >= 11 is 0. The lowest BCUT2D eigenvalue weighted by atomic mass is 10.1. The molecule has 0 atom stereocenters. The van der Waals surface area contributed by atoms with E-state index in [9.17, 15) is 20.0 Å². The first-order chi connectivity index (χ1) is 9.88. The second-order valence-corrected chi connectivity index (χ2v) is 5.69. The van der Waals surface area contributed by atoms with Crippen LogP contribution in [0.4, 0.5) is 11.4 Å². The molecule has 0 spiro atoms.